The Morgan fingerprint density at radius 2 is 1.00 bits per heavy atom. The molecule has 0 aromatic rings. The van der Waals surface area contributed by atoms with Gasteiger partial charge in [-0.1, -0.05) is 173 Å². The molecule has 8 nitrogen and oxygen atoms in total. The van der Waals surface area contributed by atoms with Crippen molar-refractivity contribution >= 4 is 19.8 Å². The normalized spacial score (nSPS) is 13.6. The molecular formula is C41H77O8P. The summed E-state index contributed by atoms with van der Waals surface area (Å²) in [5, 5.41) is 0. The van der Waals surface area contributed by atoms with E-state index in [9.17, 15) is 19.0 Å². The molecule has 9 heteroatoms. The lowest BCUT2D eigenvalue weighted by atomic mass is 10.0. The Bertz CT molecular complexity index is 875. The molecule has 1 N–H and O–H groups in total. The molecule has 0 aromatic heterocycles. The van der Waals surface area contributed by atoms with Gasteiger partial charge in [-0.25, -0.2) is 4.57 Å². The lowest BCUT2D eigenvalue weighted by Gasteiger charge is -2.19. The van der Waals surface area contributed by atoms with E-state index in [-0.39, 0.29) is 19.0 Å². The fraction of sp³-hybridized carbons (Fsp3) is 0.854. The zero-order chi connectivity index (χ0) is 36.8. The molecule has 0 spiro atoms. The molecule has 0 rings (SSSR count). The summed E-state index contributed by atoms with van der Waals surface area (Å²) in [6, 6.07) is 0. The summed E-state index contributed by atoms with van der Waals surface area (Å²) in [4.78, 5) is 34.4. The fourth-order valence-electron chi connectivity index (χ4n) is 5.76. The Hall–Kier alpha value is -1.47. The Morgan fingerprint density at radius 1 is 0.560 bits per heavy atom. The predicted molar refractivity (Wildman–Crippen MR) is 207 cm³/mol. The van der Waals surface area contributed by atoms with E-state index >= 15 is 0 Å². The number of phosphoric acid groups is 1. The summed E-state index contributed by atoms with van der Waals surface area (Å²) in [7, 11) is -3.20. The van der Waals surface area contributed by atoms with Crippen molar-refractivity contribution in [2.75, 3.05) is 20.3 Å². The first kappa shape index (κ1) is 48.5. The third-order valence-electron chi connectivity index (χ3n) is 8.93. The van der Waals surface area contributed by atoms with Gasteiger partial charge >= 0.3 is 19.8 Å². The first-order chi connectivity index (χ1) is 24.3. The lowest BCUT2D eigenvalue weighted by molar-refractivity contribution is -0.161. The maximum Gasteiger partial charge on any atom is 0.472 e. The van der Waals surface area contributed by atoms with Gasteiger partial charge in [0.05, 0.1) is 6.61 Å². The van der Waals surface area contributed by atoms with Crippen LogP contribution in [0, 0.1) is 0 Å². The monoisotopic (exact) mass is 729 g/mol. The molecule has 50 heavy (non-hydrogen) atoms. The van der Waals surface area contributed by atoms with Crippen molar-refractivity contribution in [3.8, 4) is 0 Å². The molecule has 0 aliphatic rings. The average molecular weight is 729 g/mol. The Labute approximate surface area is 307 Å². The van der Waals surface area contributed by atoms with Crippen molar-refractivity contribution in [2.24, 2.45) is 0 Å². The maximum absolute atomic E-state index is 12.5. The third-order valence-corrected chi connectivity index (χ3v) is 9.87. The number of unbranched alkanes of at least 4 members (excludes halogenated alkanes) is 23. The molecule has 0 aromatic carbocycles. The van der Waals surface area contributed by atoms with E-state index in [1.807, 2.05) is 0 Å². The van der Waals surface area contributed by atoms with Gasteiger partial charge in [0.1, 0.15) is 6.61 Å². The van der Waals surface area contributed by atoms with Crippen LogP contribution in [0.15, 0.2) is 24.3 Å². The maximum atomic E-state index is 12.5. The molecule has 294 valence electrons. The Kier molecular flexibility index (Phi) is 36.2. The predicted octanol–water partition coefficient (Wildman–Crippen LogP) is 12.7. The number of carbonyl (C=O) groups excluding carboxylic acids is 2. The highest BCUT2D eigenvalue weighted by atomic mass is 31.2. The SMILES string of the molecule is CCC/C=C\C/C=C\CCCCCCCC(=O)OC(COC(=O)CCCCCCCCCCCCCCCCCCCC)COP(=O)(O)OC. The second-order valence-electron chi connectivity index (χ2n) is 13.8. The smallest absolute Gasteiger partial charge is 0.462 e. The Balaban J connectivity index is 3.98. The highest BCUT2D eigenvalue weighted by Gasteiger charge is 2.24. The van der Waals surface area contributed by atoms with E-state index in [1.54, 1.807) is 0 Å². The van der Waals surface area contributed by atoms with Crippen molar-refractivity contribution in [1.29, 1.82) is 0 Å². The van der Waals surface area contributed by atoms with Crippen molar-refractivity contribution in [2.45, 2.75) is 206 Å². The van der Waals surface area contributed by atoms with E-state index in [4.69, 9.17) is 14.0 Å². The number of rotatable bonds is 38. The lowest BCUT2D eigenvalue weighted by Crippen LogP contribution is -2.29. The van der Waals surface area contributed by atoms with Crippen molar-refractivity contribution in [1.82, 2.24) is 0 Å². The molecule has 0 heterocycles. The number of allylic oxidation sites excluding steroid dienone is 4. The largest absolute Gasteiger partial charge is 0.472 e. The summed E-state index contributed by atoms with van der Waals surface area (Å²) in [5.41, 5.74) is 0. The highest BCUT2D eigenvalue weighted by Crippen LogP contribution is 2.42. The van der Waals surface area contributed by atoms with Gasteiger partial charge in [-0.05, 0) is 38.5 Å². The average Bonchev–Trinajstić information content (AvgIpc) is 3.10. The molecule has 2 unspecified atom stereocenters. The van der Waals surface area contributed by atoms with Crippen molar-refractivity contribution < 1.29 is 37.6 Å². The van der Waals surface area contributed by atoms with E-state index in [0.29, 0.717) is 12.8 Å². The minimum Gasteiger partial charge on any atom is -0.462 e. The molecular weight excluding hydrogens is 651 g/mol. The fourth-order valence-corrected chi connectivity index (χ4v) is 6.22. The van der Waals surface area contributed by atoms with Crippen molar-refractivity contribution in [3.05, 3.63) is 24.3 Å². The van der Waals surface area contributed by atoms with E-state index in [0.717, 1.165) is 71.3 Å². The first-order valence-corrected chi connectivity index (χ1v) is 22.0. The van der Waals surface area contributed by atoms with Crippen molar-refractivity contribution in [3.63, 3.8) is 0 Å². The molecule has 0 saturated heterocycles. The zero-order valence-electron chi connectivity index (χ0n) is 32.6. The van der Waals surface area contributed by atoms with Crippen LogP contribution >= 0.6 is 7.82 Å². The highest BCUT2D eigenvalue weighted by molar-refractivity contribution is 7.47. The summed E-state index contributed by atoms with van der Waals surface area (Å²) in [5.74, 6) is -0.813. The van der Waals surface area contributed by atoms with Crippen LogP contribution in [0.3, 0.4) is 0 Å². The van der Waals surface area contributed by atoms with Gasteiger partial charge in [0, 0.05) is 20.0 Å². The summed E-state index contributed by atoms with van der Waals surface area (Å²) >= 11 is 0. The summed E-state index contributed by atoms with van der Waals surface area (Å²) < 4.78 is 31.9. The van der Waals surface area contributed by atoms with E-state index < -0.39 is 26.5 Å². The molecule has 0 bridgehead atoms. The van der Waals surface area contributed by atoms with Gasteiger partial charge in [0.25, 0.3) is 0 Å². The van der Waals surface area contributed by atoms with Crippen LogP contribution in [0.5, 0.6) is 0 Å². The molecule has 0 amide bonds. The number of hydrogen-bond donors (Lipinski definition) is 1. The van der Waals surface area contributed by atoms with Gasteiger partial charge in [0.15, 0.2) is 6.10 Å². The van der Waals surface area contributed by atoms with E-state index in [2.05, 4.69) is 42.7 Å². The number of carbonyl (C=O) groups is 2. The minimum absolute atomic E-state index is 0.227. The van der Waals surface area contributed by atoms with Crippen LogP contribution in [0.2, 0.25) is 0 Å². The van der Waals surface area contributed by atoms with Crippen LogP contribution in [-0.4, -0.2) is 43.3 Å². The van der Waals surface area contributed by atoms with Gasteiger partial charge < -0.3 is 14.4 Å². The molecule has 0 radical (unpaired) electrons. The molecule has 0 fully saturated rings. The van der Waals surface area contributed by atoms with Gasteiger partial charge in [-0.15, -0.1) is 0 Å². The molecule has 0 aliphatic carbocycles. The van der Waals surface area contributed by atoms with Gasteiger partial charge in [0.2, 0.25) is 0 Å². The Morgan fingerprint density at radius 3 is 1.48 bits per heavy atom. The molecule has 2 atom stereocenters. The second-order valence-corrected chi connectivity index (χ2v) is 15.3. The third kappa shape index (κ3) is 36.3. The standard InChI is InChI=1S/C41H77O8P/c1-4-6-8-10-12-14-16-18-19-20-21-22-24-25-27-29-31-33-35-40(42)47-37-39(38-48-50(44,45)46-3)49-41(43)36-34-32-30-28-26-23-17-15-13-11-9-7-5-2/h9,11,15,17,39H,4-8,10,12-14,16,18-38H2,1-3H3,(H,44,45)/b11-9-,17-15-. The van der Waals surface area contributed by atoms with Gasteiger partial charge in [-0.3, -0.25) is 18.6 Å². The quantitative estimate of drug-likeness (QED) is 0.0290. The topological polar surface area (TPSA) is 108 Å². The number of phosphoric ester groups is 1. The summed E-state index contributed by atoms with van der Waals surface area (Å²) in [6.45, 7) is 3.82. The second kappa shape index (κ2) is 37.3. The van der Waals surface area contributed by atoms with Gasteiger partial charge in [-0.2, -0.15) is 0 Å². The first-order valence-electron chi connectivity index (χ1n) is 20.5. The van der Waals surface area contributed by atoms with Crippen LogP contribution in [0.4, 0.5) is 0 Å². The number of hydrogen-bond acceptors (Lipinski definition) is 7. The van der Waals surface area contributed by atoms with Crippen LogP contribution < -0.4 is 0 Å². The molecule has 0 aliphatic heterocycles. The van der Waals surface area contributed by atoms with Crippen LogP contribution in [0.1, 0.15) is 200 Å². The zero-order valence-corrected chi connectivity index (χ0v) is 33.5. The van der Waals surface area contributed by atoms with Crippen LogP contribution in [0.25, 0.3) is 0 Å². The van der Waals surface area contributed by atoms with E-state index in [1.165, 1.54) is 103 Å². The minimum atomic E-state index is -4.26. The summed E-state index contributed by atoms with van der Waals surface area (Å²) in [6.07, 6.45) is 40.9. The van der Waals surface area contributed by atoms with Crippen LogP contribution in [-0.2, 0) is 32.7 Å². The molecule has 0 saturated carbocycles. The number of esters is 2. The number of ether oxygens (including phenoxy) is 2.